The molecular weight excluding hydrogens is 241 g/mol. The van der Waals surface area contributed by atoms with E-state index in [0.717, 1.165) is 27.6 Å². The monoisotopic (exact) mass is 255 g/mol. The Balaban J connectivity index is 2.04. The molecule has 3 heteroatoms. The first kappa shape index (κ1) is 11.9. The molecule has 3 aromatic rings. The van der Waals surface area contributed by atoms with Crippen LogP contribution < -0.4 is 0 Å². The number of aryl methyl sites for hydroxylation is 1. The van der Waals surface area contributed by atoms with Crippen LogP contribution in [0.1, 0.15) is 22.8 Å². The number of hydrogen-bond acceptors (Lipinski definition) is 1. The molecule has 1 atom stereocenters. The van der Waals surface area contributed by atoms with E-state index in [2.05, 4.69) is 4.98 Å². The number of aliphatic hydroxyl groups excluding tert-OH is 1. The number of benzene rings is 2. The summed E-state index contributed by atoms with van der Waals surface area (Å²) in [6.45, 7) is 1.80. The molecule has 0 aliphatic rings. The lowest BCUT2D eigenvalue weighted by atomic mass is 9.97. The number of hydrogen-bond donors (Lipinski definition) is 2. The van der Waals surface area contributed by atoms with E-state index in [1.807, 2.05) is 30.5 Å². The number of aromatic nitrogens is 1. The fourth-order valence-corrected chi connectivity index (χ4v) is 2.37. The third-order valence-electron chi connectivity index (χ3n) is 3.42. The molecule has 0 bridgehead atoms. The number of halogens is 1. The maximum Gasteiger partial charge on any atom is 0.123 e. The molecule has 1 heterocycles. The van der Waals surface area contributed by atoms with Gasteiger partial charge in [0.25, 0.3) is 0 Å². The third-order valence-corrected chi connectivity index (χ3v) is 3.42. The van der Waals surface area contributed by atoms with E-state index in [1.165, 1.54) is 12.1 Å². The molecule has 2 N–H and O–H groups in total. The van der Waals surface area contributed by atoms with Gasteiger partial charge in [0.15, 0.2) is 0 Å². The van der Waals surface area contributed by atoms with Gasteiger partial charge in [0.1, 0.15) is 11.9 Å². The lowest BCUT2D eigenvalue weighted by molar-refractivity contribution is 0.219. The highest BCUT2D eigenvalue weighted by Crippen LogP contribution is 2.27. The van der Waals surface area contributed by atoms with Gasteiger partial charge in [-0.2, -0.15) is 0 Å². The topological polar surface area (TPSA) is 36.0 Å². The Hall–Kier alpha value is -2.13. The molecule has 2 aromatic carbocycles. The van der Waals surface area contributed by atoms with Crippen LogP contribution in [0.5, 0.6) is 0 Å². The van der Waals surface area contributed by atoms with Crippen molar-refractivity contribution in [3.8, 4) is 0 Å². The lowest BCUT2D eigenvalue weighted by Gasteiger charge is -2.14. The van der Waals surface area contributed by atoms with Crippen molar-refractivity contribution in [3.63, 3.8) is 0 Å². The summed E-state index contributed by atoms with van der Waals surface area (Å²) in [6, 6.07) is 12.2. The van der Waals surface area contributed by atoms with E-state index in [9.17, 15) is 9.50 Å². The predicted octanol–water partition coefficient (Wildman–Crippen LogP) is 3.70. The van der Waals surface area contributed by atoms with Crippen LogP contribution in [0.25, 0.3) is 10.9 Å². The van der Waals surface area contributed by atoms with Crippen LogP contribution in [0, 0.1) is 12.7 Å². The summed E-state index contributed by atoms with van der Waals surface area (Å²) >= 11 is 0. The zero-order valence-corrected chi connectivity index (χ0v) is 10.5. The van der Waals surface area contributed by atoms with E-state index in [1.54, 1.807) is 13.0 Å². The Morgan fingerprint density at radius 3 is 2.74 bits per heavy atom. The molecule has 0 amide bonds. The second-order valence-corrected chi connectivity index (χ2v) is 4.73. The Labute approximate surface area is 110 Å². The average Bonchev–Trinajstić information content (AvgIpc) is 2.85. The van der Waals surface area contributed by atoms with Crippen molar-refractivity contribution in [2.24, 2.45) is 0 Å². The number of nitrogens with one attached hydrogen (secondary N) is 1. The van der Waals surface area contributed by atoms with Crippen LogP contribution in [0.4, 0.5) is 4.39 Å². The molecule has 0 saturated carbocycles. The minimum atomic E-state index is -0.736. The molecule has 0 aliphatic carbocycles. The molecular formula is C16H14FNO. The third kappa shape index (κ3) is 2.13. The maximum absolute atomic E-state index is 13.1. The highest BCUT2D eigenvalue weighted by Gasteiger charge is 2.13. The number of rotatable bonds is 2. The van der Waals surface area contributed by atoms with Crippen LogP contribution in [0.2, 0.25) is 0 Å². The Morgan fingerprint density at radius 2 is 1.95 bits per heavy atom. The van der Waals surface area contributed by atoms with Gasteiger partial charge in [0.05, 0.1) is 0 Å². The van der Waals surface area contributed by atoms with Gasteiger partial charge in [0.2, 0.25) is 0 Å². The predicted molar refractivity (Wildman–Crippen MR) is 73.5 cm³/mol. The minimum Gasteiger partial charge on any atom is -0.384 e. The van der Waals surface area contributed by atoms with Gasteiger partial charge in [-0.1, -0.05) is 12.1 Å². The summed E-state index contributed by atoms with van der Waals surface area (Å²) < 4.78 is 13.1. The normalized spacial score (nSPS) is 12.8. The van der Waals surface area contributed by atoms with Gasteiger partial charge >= 0.3 is 0 Å². The second kappa shape index (κ2) is 4.52. The molecule has 0 saturated heterocycles. The Morgan fingerprint density at radius 1 is 1.11 bits per heavy atom. The van der Waals surface area contributed by atoms with Crippen molar-refractivity contribution in [1.82, 2.24) is 4.98 Å². The standard InChI is InChI=1S/C16H14FNO/c1-10-8-13(17)3-4-14(10)16(19)12-2-5-15-11(9-12)6-7-18-15/h2-9,16,18-19H,1H3. The van der Waals surface area contributed by atoms with Gasteiger partial charge in [-0.25, -0.2) is 4.39 Å². The first-order chi connectivity index (χ1) is 9.15. The van der Waals surface area contributed by atoms with Crippen LogP contribution in [-0.4, -0.2) is 10.1 Å². The number of aliphatic hydroxyl groups is 1. The highest BCUT2D eigenvalue weighted by atomic mass is 19.1. The first-order valence-corrected chi connectivity index (χ1v) is 6.16. The summed E-state index contributed by atoms with van der Waals surface area (Å²) in [4.78, 5) is 3.11. The van der Waals surface area contributed by atoms with Crippen molar-refractivity contribution in [2.45, 2.75) is 13.0 Å². The maximum atomic E-state index is 13.1. The van der Waals surface area contributed by atoms with E-state index in [4.69, 9.17) is 0 Å². The zero-order valence-electron chi connectivity index (χ0n) is 10.5. The van der Waals surface area contributed by atoms with E-state index in [-0.39, 0.29) is 5.82 Å². The SMILES string of the molecule is Cc1cc(F)ccc1C(O)c1ccc2[nH]ccc2c1. The molecule has 2 nitrogen and oxygen atoms in total. The molecule has 0 aliphatic heterocycles. The zero-order chi connectivity index (χ0) is 13.4. The van der Waals surface area contributed by atoms with Crippen molar-refractivity contribution >= 4 is 10.9 Å². The van der Waals surface area contributed by atoms with Gasteiger partial charge < -0.3 is 10.1 Å². The summed E-state index contributed by atoms with van der Waals surface area (Å²) in [6.07, 6.45) is 1.13. The van der Waals surface area contributed by atoms with E-state index >= 15 is 0 Å². The number of H-pyrrole nitrogens is 1. The molecule has 0 radical (unpaired) electrons. The van der Waals surface area contributed by atoms with Crippen LogP contribution in [0.3, 0.4) is 0 Å². The second-order valence-electron chi connectivity index (χ2n) is 4.73. The highest BCUT2D eigenvalue weighted by molar-refractivity contribution is 5.80. The molecule has 19 heavy (non-hydrogen) atoms. The Kier molecular flexibility index (Phi) is 2.84. The molecule has 1 aromatic heterocycles. The molecule has 0 spiro atoms. The van der Waals surface area contributed by atoms with Crippen molar-refractivity contribution in [3.05, 3.63) is 71.2 Å². The molecule has 3 rings (SSSR count). The lowest BCUT2D eigenvalue weighted by Crippen LogP contribution is -2.02. The van der Waals surface area contributed by atoms with E-state index in [0.29, 0.717) is 0 Å². The van der Waals surface area contributed by atoms with Crippen molar-refractivity contribution in [1.29, 1.82) is 0 Å². The van der Waals surface area contributed by atoms with Gasteiger partial charge in [-0.3, -0.25) is 0 Å². The van der Waals surface area contributed by atoms with Gasteiger partial charge in [-0.15, -0.1) is 0 Å². The summed E-state index contributed by atoms with van der Waals surface area (Å²) in [5.41, 5.74) is 3.33. The van der Waals surface area contributed by atoms with Crippen molar-refractivity contribution in [2.75, 3.05) is 0 Å². The number of fused-ring (bicyclic) bond motifs is 1. The van der Waals surface area contributed by atoms with Gasteiger partial charge in [0, 0.05) is 11.7 Å². The van der Waals surface area contributed by atoms with Crippen molar-refractivity contribution < 1.29 is 9.50 Å². The van der Waals surface area contributed by atoms with Crippen LogP contribution in [0.15, 0.2) is 48.7 Å². The quantitative estimate of drug-likeness (QED) is 0.719. The smallest absolute Gasteiger partial charge is 0.123 e. The fourth-order valence-electron chi connectivity index (χ4n) is 2.37. The molecule has 96 valence electrons. The average molecular weight is 255 g/mol. The van der Waals surface area contributed by atoms with E-state index < -0.39 is 6.10 Å². The van der Waals surface area contributed by atoms with Gasteiger partial charge in [-0.05, 0) is 59.3 Å². The fraction of sp³-hybridized carbons (Fsp3) is 0.125. The van der Waals surface area contributed by atoms with Crippen LogP contribution >= 0.6 is 0 Å². The Bertz CT molecular complexity index is 732. The summed E-state index contributed by atoms with van der Waals surface area (Å²) in [5, 5.41) is 11.5. The summed E-state index contributed by atoms with van der Waals surface area (Å²) in [5.74, 6) is -0.283. The molecule has 1 unspecified atom stereocenters. The summed E-state index contributed by atoms with van der Waals surface area (Å²) in [7, 11) is 0. The van der Waals surface area contributed by atoms with Crippen LogP contribution in [-0.2, 0) is 0 Å². The number of aromatic amines is 1. The first-order valence-electron chi connectivity index (χ1n) is 6.16. The minimum absolute atomic E-state index is 0.283. The largest absolute Gasteiger partial charge is 0.384 e. The molecule has 0 fully saturated rings.